The number of aromatic nitrogens is 3. The topological polar surface area (TPSA) is 46.4 Å². The smallest absolute Gasteiger partial charge is 0.181 e. The van der Waals surface area contributed by atoms with Gasteiger partial charge in [-0.1, -0.05) is 38.1 Å². The van der Waals surface area contributed by atoms with Gasteiger partial charge in [0.15, 0.2) is 5.82 Å². The van der Waals surface area contributed by atoms with E-state index in [4.69, 9.17) is 14.8 Å². The maximum atomic E-state index is 5.48. The van der Waals surface area contributed by atoms with Crippen molar-refractivity contribution in [3.63, 3.8) is 0 Å². The van der Waals surface area contributed by atoms with E-state index in [0.29, 0.717) is 12.0 Å². The number of likely N-dealkylation sites (tertiary alicyclic amines) is 1. The van der Waals surface area contributed by atoms with Gasteiger partial charge in [0.2, 0.25) is 0 Å². The van der Waals surface area contributed by atoms with Gasteiger partial charge in [-0.25, -0.2) is 9.67 Å². The Bertz CT molecular complexity index is 764. The summed E-state index contributed by atoms with van der Waals surface area (Å²) in [6.07, 6.45) is 2.40. The van der Waals surface area contributed by atoms with E-state index in [2.05, 4.69) is 59.6 Å². The lowest BCUT2D eigenvalue weighted by Gasteiger charge is -2.27. The molecule has 2 fully saturated rings. The van der Waals surface area contributed by atoms with Gasteiger partial charge in [-0.2, -0.15) is 5.10 Å². The lowest BCUT2D eigenvalue weighted by Crippen LogP contribution is -2.38. The summed E-state index contributed by atoms with van der Waals surface area (Å²) in [5.74, 6) is 2.51. The van der Waals surface area contributed by atoms with Crippen molar-refractivity contribution in [2.75, 3.05) is 46.4 Å². The molecule has 0 radical (unpaired) electrons. The van der Waals surface area contributed by atoms with Crippen molar-refractivity contribution in [1.29, 1.82) is 0 Å². The molecule has 1 atom stereocenters. The lowest BCUT2D eigenvalue weighted by atomic mass is 10.0. The van der Waals surface area contributed by atoms with Crippen molar-refractivity contribution in [3.8, 4) is 11.4 Å². The molecule has 2 saturated heterocycles. The summed E-state index contributed by atoms with van der Waals surface area (Å²) in [7, 11) is 2.20. The summed E-state index contributed by atoms with van der Waals surface area (Å²) in [6.45, 7) is 11.2. The highest BCUT2D eigenvalue weighted by atomic mass is 16.5. The molecule has 0 unspecified atom stereocenters. The Morgan fingerprint density at radius 3 is 2.46 bits per heavy atom. The zero-order chi connectivity index (χ0) is 19.5. The van der Waals surface area contributed by atoms with Crippen LogP contribution in [0.1, 0.15) is 50.0 Å². The van der Waals surface area contributed by atoms with Crippen LogP contribution in [-0.4, -0.2) is 71.0 Å². The molecule has 1 aromatic carbocycles. The largest absolute Gasteiger partial charge is 0.379 e. The molecule has 28 heavy (non-hydrogen) atoms. The van der Waals surface area contributed by atoms with Gasteiger partial charge in [-0.05, 0) is 37.9 Å². The fraction of sp³-hybridized carbons (Fsp3) is 0.636. The second-order valence-electron chi connectivity index (χ2n) is 8.39. The summed E-state index contributed by atoms with van der Waals surface area (Å²) >= 11 is 0. The van der Waals surface area contributed by atoms with Crippen molar-refractivity contribution < 1.29 is 4.74 Å². The standard InChI is InChI=1S/C22H33N5O/c1-17(2)18-6-8-19(9-7-18)21-23-22(20-5-4-10-25(20)3)27(24-21)12-11-26-13-15-28-16-14-26/h6-9,17,20H,4-5,10-16H2,1-3H3/t20-/m0/s1. The maximum absolute atomic E-state index is 5.48. The SMILES string of the molecule is CC(C)c1ccc(-c2nc([C@@H]3CCCN3C)n(CCN3CCOCC3)n2)cc1. The van der Waals surface area contributed by atoms with Crippen molar-refractivity contribution >= 4 is 0 Å². The molecule has 0 amide bonds. The van der Waals surface area contributed by atoms with Crippen LogP contribution >= 0.6 is 0 Å². The van der Waals surface area contributed by atoms with Crippen LogP contribution in [0.25, 0.3) is 11.4 Å². The average Bonchev–Trinajstić information content (AvgIpc) is 3.33. The predicted molar refractivity (Wildman–Crippen MR) is 111 cm³/mol. The molecular weight excluding hydrogens is 350 g/mol. The number of rotatable bonds is 6. The third-order valence-electron chi connectivity index (χ3n) is 6.09. The molecule has 6 nitrogen and oxygen atoms in total. The third kappa shape index (κ3) is 4.29. The van der Waals surface area contributed by atoms with E-state index in [1.54, 1.807) is 0 Å². The highest BCUT2D eigenvalue weighted by molar-refractivity contribution is 5.55. The maximum Gasteiger partial charge on any atom is 0.181 e. The van der Waals surface area contributed by atoms with Gasteiger partial charge >= 0.3 is 0 Å². The monoisotopic (exact) mass is 383 g/mol. The third-order valence-corrected chi connectivity index (χ3v) is 6.09. The Balaban J connectivity index is 1.57. The van der Waals surface area contributed by atoms with Gasteiger partial charge in [0.25, 0.3) is 0 Å². The lowest BCUT2D eigenvalue weighted by molar-refractivity contribution is 0.0357. The van der Waals surface area contributed by atoms with Crippen LogP contribution < -0.4 is 0 Å². The van der Waals surface area contributed by atoms with Crippen LogP contribution in [0.2, 0.25) is 0 Å². The molecule has 2 aliphatic rings. The first kappa shape index (κ1) is 19.6. The number of hydrogen-bond acceptors (Lipinski definition) is 5. The van der Waals surface area contributed by atoms with Gasteiger partial charge < -0.3 is 4.74 Å². The van der Waals surface area contributed by atoms with E-state index in [1.165, 1.54) is 18.4 Å². The Hall–Kier alpha value is -1.76. The molecule has 0 saturated carbocycles. The second kappa shape index (κ2) is 8.72. The van der Waals surface area contributed by atoms with E-state index < -0.39 is 0 Å². The van der Waals surface area contributed by atoms with Crippen molar-refractivity contribution in [3.05, 3.63) is 35.7 Å². The molecular formula is C22H33N5O. The highest BCUT2D eigenvalue weighted by Gasteiger charge is 2.28. The first-order chi connectivity index (χ1) is 13.6. The summed E-state index contributed by atoms with van der Waals surface area (Å²) in [5, 5.41) is 4.94. The quantitative estimate of drug-likeness (QED) is 0.767. The molecule has 0 bridgehead atoms. The molecule has 152 valence electrons. The fourth-order valence-electron chi connectivity index (χ4n) is 4.20. The first-order valence-corrected chi connectivity index (χ1v) is 10.7. The Kier molecular flexibility index (Phi) is 6.09. The van der Waals surface area contributed by atoms with Gasteiger partial charge in [0.05, 0.1) is 25.8 Å². The van der Waals surface area contributed by atoms with Crippen LogP contribution in [0.5, 0.6) is 0 Å². The molecule has 4 rings (SSSR count). The van der Waals surface area contributed by atoms with Crippen molar-refractivity contribution in [2.45, 2.75) is 45.2 Å². The van der Waals surface area contributed by atoms with Gasteiger partial charge in [0, 0.05) is 25.2 Å². The van der Waals surface area contributed by atoms with E-state index in [1.807, 2.05) is 0 Å². The molecule has 2 aliphatic heterocycles. The van der Waals surface area contributed by atoms with Crippen LogP contribution in [0.3, 0.4) is 0 Å². The zero-order valence-electron chi connectivity index (χ0n) is 17.5. The van der Waals surface area contributed by atoms with Crippen molar-refractivity contribution in [1.82, 2.24) is 24.6 Å². The Morgan fingerprint density at radius 1 is 1.07 bits per heavy atom. The molecule has 1 aromatic heterocycles. The fourth-order valence-corrected chi connectivity index (χ4v) is 4.20. The van der Waals surface area contributed by atoms with E-state index in [9.17, 15) is 0 Å². The molecule has 2 aromatic rings. The van der Waals surface area contributed by atoms with Gasteiger partial charge in [0.1, 0.15) is 5.82 Å². The predicted octanol–water partition coefficient (Wildman–Crippen LogP) is 3.17. The number of nitrogens with zero attached hydrogens (tertiary/aromatic N) is 5. The number of hydrogen-bond donors (Lipinski definition) is 0. The summed E-state index contributed by atoms with van der Waals surface area (Å²) < 4.78 is 7.64. The number of morpholine rings is 1. The van der Waals surface area contributed by atoms with E-state index in [-0.39, 0.29) is 0 Å². The Morgan fingerprint density at radius 2 is 1.82 bits per heavy atom. The summed E-state index contributed by atoms with van der Waals surface area (Å²) in [6, 6.07) is 9.12. The minimum absolute atomic E-state index is 0.376. The van der Waals surface area contributed by atoms with Crippen molar-refractivity contribution in [2.24, 2.45) is 0 Å². The Labute approximate surface area is 168 Å². The molecule has 0 spiro atoms. The van der Waals surface area contributed by atoms with E-state index >= 15 is 0 Å². The van der Waals surface area contributed by atoms with Gasteiger partial charge in [-0.3, -0.25) is 9.80 Å². The normalized spacial score (nSPS) is 21.6. The van der Waals surface area contributed by atoms with Crippen LogP contribution in [0, 0.1) is 0 Å². The molecule has 0 N–H and O–H groups in total. The van der Waals surface area contributed by atoms with Gasteiger partial charge in [-0.15, -0.1) is 0 Å². The number of benzene rings is 1. The molecule has 6 heteroatoms. The second-order valence-corrected chi connectivity index (χ2v) is 8.39. The average molecular weight is 384 g/mol. The molecule has 3 heterocycles. The number of ether oxygens (including phenoxy) is 1. The first-order valence-electron chi connectivity index (χ1n) is 10.7. The molecule has 0 aliphatic carbocycles. The highest BCUT2D eigenvalue weighted by Crippen LogP contribution is 2.31. The zero-order valence-corrected chi connectivity index (χ0v) is 17.5. The van der Waals surface area contributed by atoms with Crippen LogP contribution in [0.4, 0.5) is 0 Å². The van der Waals surface area contributed by atoms with Crippen LogP contribution in [0.15, 0.2) is 24.3 Å². The minimum atomic E-state index is 0.376. The van der Waals surface area contributed by atoms with Crippen LogP contribution in [-0.2, 0) is 11.3 Å². The summed E-state index contributed by atoms with van der Waals surface area (Å²) in [4.78, 5) is 9.90. The minimum Gasteiger partial charge on any atom is -0.379 e. The van der Waals surface area contributed by atoms with E-state index in [0.717, 1.165) is 63.1 Å². The summed E-state index contributed by atoms with van der Waals surface area (Å²) in [5.41, 5.74) is 2.46.